The summed E-state index contributed by atoms with van der Waals surface area (Å²) in [7, 11) is 1.60. The van der Waals surface area contributed by atoms with Crippen molar-refractivity contribution in [1.82, 2.24) is 15.1 Å². The number of imide groups is 1. The molecule has 2 aliphatic heterocycles. The third kappa shape index (κ3) is 5.40. The molecule has 2 aliphatic rings. The van der Waals surface area contributed by atoms with E-state index in [1.54, 1.807) is 33.9 Å². The number of amides is 4. The second-order valence-electron chi connectivity index (χ2n) is 9.16. The summed E-state index contributed by atoms with van der Waals surface area (Å²) >= 11 is 0. The van der Waals surface area contributed by atoms with Crippen molar-refractivity contribution in [3.63, 3.8) is 0 Å². The second-order valence-corrected chi connectivity index (χ2v) is 9.16. The summed E-state index contributed by atoms with van der Waals surface area (Å²) in [4.78, 5) is 37.9. The highest BCUT2D eigenvalue weighted by Gasteiger charge is 2.47. The van der Waals surface area contributed by atoms with Crippen LogP contribution in [0.25, 0.3) is 0 Å². The van der Waals surface area contributed by atoms with Crippen LogP contribution in [-0.4, -0.2) is 71.9 Å². The molecule has 0 bridgehead atoms. The van der Waals surface area contributed by atoms with Gasteiger partial charge in [0.25, 0.3) is 5.92 Å². The number of amidine groups is 1. The van der Waals surface area contributed by atoms with Crippen LogP contribution in [0.4, 0.5) is 24.1 Å². The van der Waals surface area contributed by atoms with Crippen molar-refractivity contribution in [1.29, 1.82) is 5.41 Å². The van der Waals surface area contributed by atoms with Gasteiger partial charge in [-0.1, -0.05) is 6.07 Å². The van der Waals surface area contributed by atoms with Crippen molar-refractivity contribution in [2.24, 2.45) is 0 Å². The van der Waals surface area contributed by atoms with Gasteiger partial charge in [0.05, 0.1) is 12.5 Å². The zero-order valence-electron chi connectivity index (χ0n) is 19.1. The molecular weight excluding hydrogens is 436 g/mol. The van der Waals surface area contributed by atoms with E-state index in [-0.39, 0.29) is 31.8 Å². The number of urea groups is 1. The number of anilines is 1. The molecule has 2 heterocycles. The third-order valence-electron chi connectivity index (χ3n) is 5.55. The van der Waals surface area contributed by atoms with Crippen LogP contribution in [0.5, 0.6) is 0 Å². The molecule has 0 aromatic heterocycles. The van der Waals surface area contributed by atoms with E-state index in [4.69, 9.17) is 10.1 Å². The normalized spacial score (nSPS) is 20.8. The number of nitrogens with zero attached hydrogens (tertiary/aromatic N) is 2. The molecule has 1 atom stereocenters. The van der Waals surface area contributed by atoms with E-state index in [0.717, 1.165) is 9.80 Å². The minimum atomic E-state index is -3.18. The fourth-order valence-electron chi connectivity index (χ4n) is 3.95. The standard InChI is InChI=1S/C22H29F2N5O4/c1-21(2,3)33-20(32)28-9-7-15(22(23,24)12-28)13-5-6-14(16(11-13)26-4)18(25)29-10-8-17(30)27-19(29)31/h5-6,11,15,25-26H,7-10,12H2,1-4H3,(H,27,30,31). The number of rotatable bonds is 3. The maximum Gasteiger partial charge on any atom is 0.410 e. The molecular formula is C22H29F2N5O4. The van der Waals surface area contributed by atoms with E-state index >= 15 is 8.78 Å². The van der Waals surface area contributed by atoms with Gasteiger partial charge in [0.1, 0.15) is 11.4 Å². The first-order valence-corrected chi connectivity index (χ1v) is 10.7. The molecule has 1 aromatic rings. The van der Waals surface area contributed by atoms with Gasteiger partial charge in [-0.05, 0) is 44.9 Å². The Balaban J connectivity index is 1.79. The Morgan fingerprint density at radius 3 is 2.55 bits per heavy atom. The van der Waals surface area contributed by atoms with E-state index in [9.17, 15) is 14.4 Å². The Bertz CT molecular complexity index is 976. The Hall–Kier alpha value is -3.24. The summed E-state index contributed by atoms with van der Waals surface area (Å²) in [5.74, 6) is -4.85. The van der Waals surface area contributed by atoms with Crippen LogP contribution in [0.3, 0.4) is 0 Å². The van der Waals surface area contributed by atoms with E-state index in [0.29, 0.717) is 16.8 Å². The Morgan fingerprint density at radius 2 is 1.97 bits per heavy atom. The smallest absolute Gasteiger partial charge is 0.410 e. The van der Waals surface area contributed by atoms with Crippen LogP contribution < -0.4 is 10.6 Å². The Kier molecular flexibility index (Phi) is 6.62. The zero-order chi connectivity index (χ0) is 24.6. The number of carbonyl (C=O) groups excluding carboxylic acids is 3. The zero-order valence-corrected chi connectivity index (χ0v) is 19.1. The fraction of sp³-hybridized carbons (Fsp3) is 0.545. The molecule has 0 aliphatic carbocycles. The summed E-state index contributed by atoms with van der Waals surface area (Å²) in [5, 5.41) is 13.5. The van der Waals surface area contributed by atoms with Gasteiger partial charge in [-0.15, -0.1) is 0 Å². The van der Waals surface area contributed by atoms with Gasteiger partial charge in [0.2, 0.25) is 5.91 Å². The number of alkyl halides is 2. The third-order valence-corrected chi connectivity index (χ3v) is 5.55. The van der Waals surface area contributed by atoms with Crippen LogP contribution in [0.15, 0.2) is 18.2 Å². The number of carbonyl (C=O) groups is 3. The molecule has 0 saturated carbocycles. The summed E-state index contributed by atoms with van der Waals surface area (Å²) in [5.41, 5.74) is 0.347. The molecule has 0 radical (unpaired) electrons. The largest absolute Gasteiger partial charge is 0.444 e. The van der Waals surface area contributed by atoms with E-state index in [2.05, 4.69) is 10.6 Å². The summed E-state index contributed by atoms with van der Waals surface area (Å²) < 4.78 is 35.4. The van der Waals surface area contributed by atoms with Crippen molar-refractivity contribution in [2.45, 2.75) is 51.1 Å². The molecule has 3 N–H and O–H groups in total. The number of hydrogen-bond acceptors (Lipinski definition) is 6. The van der Waals surface area contributed by atoms with Crippen LogP contribution >= 0.6 is 0 Å². The fourth-order valence-corrected chi connectivity index (χ4v) is 3.95. The number of hydrogen-bond donors (Lipinski definition) is 3. The number of likely N-dealkylation sites (tertiary alicyclic amines) is 1. The molecule has 9 nitrogen and oxygen atoms in total. The number of ether oxygens (including phenoxy) is 1. The molecule has 33 heavy (non-hydrogen) atoms. The number of piperidine rings is 1. The summed E-state index contributed by atoms with van der Waals surface area (Å²) in [6.07, 6.45) is -0.648. The van der Waals surface area contributed by atoms with Crippen molar-refractivity contribution in [2.75, 3.05) is 32.0 Å². The molecule has 0 spiro atoms. The maximum atomic E-state index is 15.1. The van der Waals surface area contributed by atoms with Crippen molar-refractivity contribution >= 4 is 29.6 Å². The van der Waals surface area contributed by atoms with Crippen molar-refractivity contribution in [3.05, 3.63) is 29.3 Å². The molecule has 2 saturated heterocycles. The molecule has 3 rings (SSSR count). The van der Waals surface area contributed by atoms with Crippen molar-refractivity contribution in [3.8, 4) is 0 Å². The first kappa shape index (κ1) is 24.4. The van der Waals surface area contributed by atoms with Gasteiger partial charge < -0.3 is 15.0 Å². The van der Waals surface area contributed by atoms with Gasteiger partial charge in [-0.3, -0.25) is 20.4 Å². The molecule has 1 unspecified atom stereocenters. The summed E-state index contributed by atoms with van der Waals surface area (Å²) in [6.45, 7) is 4.49. The van der Waals surface area contributed by atoms with Crippen molar-refractivity contribution < 1.29 is 27.9 Å². The van der Waals surface area contributed by atoms with Crippen LogP contribution in [0.2, 0.25) is 0 Å². The number of nitrogens with one attached hydrogen (secondary N) is 3. The average Bonchev–Trinajstić information content (AvgIpc) is 2.71. The predicted molar refractivity (Wildman–Crippen MR) is 118 cm³/mol. The predicted octanol–water partition coefficient (Wildman–Crippen LogP) is 3.36. The molecule has 11 heteroatoms. The first-order chi connectivity index (χ1) is 15.3. The minimum absolute atomic E-state index is 0.0445. The lowest BCUT2D eigenvalue weighted by molar-refractivity contribution is -0.121. The molecule has 1 aromatic carbocycles. The SMILES string of the molecule is CNc1cc(C2CCN(C(=O)OC(C)(C)C)CC2(F)F)ccc1C(=N)N1CCC(=O)NC1=O. The van der Waals surface area contributed by atoms with E-state index in [1.165, 1.54) is 12.1 Å². The highest BCUT2D eigenvalue weighted by Crippen LogP contribution is 2.41. The van der Waals surface area contributed by atoms with Gasteiger partial charge in [-0.25, -0.2) is 18.4 Å². The average molecular weight is 466 g/mol. The highest BCUT2D eigenvalue weighted by atomic mass is 19.3. The highest BCUT2D eigenvalue weighted by molar-refractivity contribution is 6.12. The summed E-state index contributed by atoms with van der Waals surface area (Å²) in [6, 6.07) is 3.88. The quantitative estimate of drug-likeness (QED) is 0.468. The molecule has 2 fully saturated rings. The lowest BCUT2D eigenvalue weighted by Gasteiger charge is -2.39. The topological polar surface area (TPSA) is 115 Å². The maximum absolute atomic E-state index is 15.1. The lowest BCUT2D eigenvalue weighted by atomic mass is 9.85. The van der Waals surface area contributed by atoms with Crippen LogP contribution in [-0.2, 0) is 9.53 Å². The number of benzene rings is 1. The van der Waals surface area contributed by atoms with Gasteiger partial charge in [0, 0.05) is 37.8 Å². The Morgan fingerprint density at radius 1 is 1.27 bits per heavy atom. The van der Waals surface area contributed by atoms with Crippen LogP contribution in [0.1, 0.15) is 50.7 Å². The molecule has 180 valence electrons. The lowest BCUT2D eigenvalue weighted by Crippen LogP contribution is -2.52. The minimum Gasteiger partial charge on any atom is -0.444 e. The Labute approximate surface area is 190 Å². The number of halogens is 2. The van der Waals surface area contributed by atoms with Gasteiger partial charge in [-0.2, -0.15) is 0 Å². The monoisotopic (exact) mass is 465 g/mol. The first-order valence-electron chi connectivity index (χ1n) is 10.7. The van der Waals surface area contributed by atoms with E-state index < -0.39 is 42.0 Å². The molecule has 4 amide bonds. The van der Waals surface area contributed by atoms with E-state index in [1.807, 2.05) is 0 Å². The van der Waals surface area contributed by atoms with Gasteiger partial charge >= 0.3 is 12.1 Å². The van der Waals surface area contributed by atoms with Gasteiger partial charge in [0.15, 0.2) is 0 Å². The second kappa shape index (κ2) is 8.95. The van der Waals surface area contributed by atoms with Crippen LogP contribution in [0, 0.1) is 5.41 Å².